The zero-order chi connectivity index (χ0) is 99.3. The summed E-state index contributed by atoms with van der Waals surface area (Å²) < 4.78 is 50.6. The maximum absolute atomic E-state index is 11.1. The summed E-state index contributed by atoms with van der Waals surface area (Å²) in [6, 6.07) is 149. The number of nitrogens with zero attached hydrogens (tertiary/aromatic N) is 12. The molecule has 0 atom stereocenters. The van der Waals surface area contributed by atoms with Gasteiger partial charge in [0, 0.05) is 135 Å². The summed E-state index contributed by atoms with van der Waals surface area (Å²) in [5.74, 6) is 0. The van der Waals surface area contributed by atoms with Gasteiger partial charge in [0.25, 0.3) is 0 Å². The third-order valence-electron chi connectivity index (χ3n) is 30.5. The first-order valence-electron chi connectivity index (χ1n) is 49.1. The molecule has 0 bridgehead atoms. The molecule has 0 fully saturated rings. The largest absolute Gasteiger partial charge is 0.456 e. The second-order valence-electron chi connectivity index (χ2n) is 38.2. The average molecular weight is 1920 g/mol. The molecular weight excluding hydrogens is 1850 g/mol. The Morgan fingerprint density at radius 2 is 0.387 bits per heavy atom. The van der Waals surface area contributed by atoms with Gasteiger partial charge in [-0.05, 0) is 182 Å². The van der Waals surface area contributed by atoms with Crippen LogP contribution >= 0.6 is 0 Å². The van der Waals surface area contributed by atoms with Gasteiger partial charge in [0.1, 0.15) is 103 Å². The van der Waals surface area contributed by atoms with Crippen LogP contribution in [0.5, 0.6) is 0 Å². The van der Waals surface area contributed by atoms with E-state index in [-0.39, 0.29) is 0 Å². The fourth-order valence-electron chi connectivity index (χ4n) is 24.2. The van der Waals surface area contributed by atoms with E-state index in [4.69, 9.17) is 26.5 Å². The van der Waals surface area contributed by atoms with E-state index < -0.39 is 0 Å². The number of furan rings is 6. The predicted molar refractivity (Wildman–Crippen MR) is 597 cm³/mol. The molecule has 33 rings (SSSR count). The van der Waals surface area contributed by atoms with Crippen molar-refractivity contribution in [2.45, 2.75) is 0 Å². The lowest BCUT2D eigenvalue weighted by molar-refractivity contribution is 0.669. The lowest BCUT2D eigenvalue weighted by Crippen LogP contribution is -2.07. The van der Waals surface area contributed by atoms with Crippen LogP contribution in [0.1, 0.15) is 33.4 Å². The molecule has 150 heavy (non-hydrogen) atoms. The molecule has 18 heteroatoms. The zero-order valence-corrected chi connectivity index (χ0v) is 78.9. The van der Waals surface area contributed by atoms with E-state index >= 15 is 0 Å². The van der Waals surface area contributed by atoms with Gasteiger partial charge in [-0.1, -0.05) is 218 Å². The lowest BCUT2D eigenvalue weighted by Gasteiger charge is -2.18. The second-order valence-corrected chi connectivity index (χ2v) is 38.2. The zero-order valence-electron chi connectivity index (χ0n) is 78.9. The molecule has 0 amide bonds. The fraction of sp³-hybridized carbons (Fsp3) is 0. The highest BCUT2D eigenvalue weighted by molar-refractivity contribution is 6.25. The van der Waals surface area contributed by atoms with Crippen molar-refractivity contribution in [1.29, 1.82) is 31.6 Å². The average Bonchev–Trinajstić information content (AvgIpc) is 1.54. The third-order valence-corrected chi connectivity index (χ3v) is 30.5. The van der Waals surface area contributed by atoms with Crippen molar-refractivity contribution in [3.63, 3.8) is 0 Å². The molecule has 12 aromatic heterocycles. The summed E-state index contributed by atoms with van der Waals surface area (Å²) in [4.78, 5) is 0. The van der Waals surface area contributed by atoms with E-state index in [9.17, 15) is 31.6 Å². The number of hydrogen-bond acceptors (Lipinski definition) is 12. The molecular formula is C132H66N12O6. The Bertz CT molecular complexity index is 12200. The smallest absolute Gasteiger partial charge is 0.136 e. The van der Waals surface area contributed by atoms with Crippen LogP contribution in [0.15, 0.2) is 427 Å². The van der Waals surface area contributed by atoms with Gasteiger partial charge in [-0.3, -0.25) is 0 Å². The summed E-state index contributed by atoms with van der Waals surface area (Å²) in [5, 5.41) is 89.0. The molecule has 0 N–H and O–H groups in total. The van der Waals surface area contributed by atoms with Crippen LogP contribution in [0, 0.1) is 68.0 Å². The molecule has 0 spiro atoms. The van der Waals surface area contributed by atoms with Gasteiger partial charge in [-0.25, -0.2) is 0 Å². The lowest BCUT2D eigenvalue weighted by atomic mass is 10.0. The maximum atomic E-state index is 11.1. The quantitative estimate of drug-likeness (QED) is 0.151. The highest BCUT2D eigenvalue weighted by Gasteiger charge is 2.32. The van der Waals surface area contributed by atoms with Crippen molar-refractivity contribution >= 4 is 262 Å². The van der Waals surface area contributed by atoms with Gasteiger partial charge >= 0.3 is 0 Å². The Kier molecular flexibility index (Phi) is 17.3. The number of rotatable bonds is 6. The normalized spacial score (nSPS) is 12.0. The molecule has 0 saturated heterocycles. The third kappa shape index (κ3) is 11.7. The van der Waals surface area contributed by atoms with Gasteiger partial charge in [0.2, 0.25) is 0 Å². The van der Waals surface area contributed by atoms with Crippen LogP contribution in [0.2, 0.25) is 0 Å². The first-order valence-corrected chi connectivity index (χ1v) is 49.1. The predicted octanol–water partition coefficient (Wildman–Crippen LogP) is 34.3. The molecule has 33 aromatic rings. The molecule has 0 aliphatic heterocycles. The minimum atomic E-state index is 0.402. The van der Waals surface area contributed by atoms with Crippen molar-refractivity contribution < 1.29 is 26.5 Å². The minimum Gasteiger partial charge on any atom is -0.456 e. The van der Waals surface area contributed by atoms with Gasteiger partial charge in [-0.2, -0.15) is 31.6 Å². The summed E-state index contributed by atoms with van der Waals surface area (Å²) in [7, 11) is 0. The van der Waals surface area contributed by atoms with Crippen molar-refractivity contribution in [2.75, 3.05) is 0 Å². The standard InChI is InChI=1S/3C44H22N4O2/c45-23-25-17-27(47-36-13-5-1-9-28(36)32-21-42-34(19-38(32)47)30-11-3-7-15-40(30)49-42)18-26(24-46)44(25)48-37-14-6-2-10-29(37)33-22-43-35(20-39(33)48)31-12-4-8-16-41(31)50-43;45-23-25-17-26(24-46)44(48-36-14-6-2-10-28(36)32-22-43-34(20-38(32)48)30-12-4-8-16-41(30)50-43)39(18-25)47-35-13-5-1-9-27(35)31-21-42-33(19-37(31)47)29-11-3-7-15-40(29)49-42;45-23-25-17-18-37(47-35-13-5-1-9-26(35)30-21-42-32(19-38(30)47)28-11-3-7-15-40(28)49-42)34(24-46)44(25)48-36-14-6-2-10-27(36)31-22-43-33(20-39(31)48)29-12-4-8-16-41(29)50-43/h3*1-22H. The van der Waals surface area contributed by atoms with E-state index in [1.54, 1.807) is 6.07 Å². The monoisotopic (exact) mass is 1910 g/mol. The fourth-order valence-corrected chi connectivity index (χ4v) is 24.2. The Morgan fingerprint density at radius 1 is 0.147 bits per heavy atom. The first kappa shape index (κ1) is 82.8. The van der Waals surface area contributed by atoms with E-state index in [2.05, 4.69) is 234 Å². The summed E-state index contributed by atoms with van der Waals surface area (Å²) in [6.45, 7) is 0. The SMILES string of the molecule is N#Cc1cc(-n2c3ccccc3c3cc4oc5ccccc5c4cc32)cc(C#N)c1-n1c2ccccc2c2cc3oc4ccccc4c3cc21.N#Cc1cc(C#N)c(-n2c3ccccc3c3cc4oc5ccccc5c4cc32)c(-n2c3ccccc3c3cc4oc5ccccc5c4cc32)c1.N#Cc1ccc(-n2c3ccccc3c3cc4oc5ccccc5c4cc32)c(C#N)c1-n1c2ccccc2c2cc3oc4ccccc4c3cc21. The number of fused-ring (bicyclic) bond motifs is 36. The molecule has 690 valence electrons. The van der Waals surface area contributed by atoms with Gasteiger partial charge in [0.05, 0.1) is 129 Å². The van der Waals surface area contributed by atoms with Crippen LogP contribution < -0.4 is 0 Å². The first-order chi connectivity index (χ1) is 74.1. The van der Waals surface area contributed by atoms with Gasteiger partial charge in [0.15, 0.2) is 0 Å². The van der Waals surface area contributed by atoms with E-state index in [1.807, 2.05) is 224 Å². The van der Waals surface area contributed by atoms with Crippen LogP contribution in [-0.4, -0.2) is 27.4 Å². The van der Waals surface area contributed by atoms with Crippen LogP contribution in [-0.2, 0) is 0 Å². The van der Waals surface area contributed by atoms with Gasteiger partial charge in [-0.15, -0.1) is 0 Å². The van der Waals surface area contributed by atoms with Crippen molar-refractivity contribution in [3.8, 4) is 70.5 Å². The number of nitriles is 6. The van der Waals surface area contributed by atoms with Crippen molar-refractivity contribution in [1.82, 2.24) is 27.4 Å². The molecule has 0 aliphatic rings. The minimum absolute atomic E-state index is 0.402. The Hall–Kier alpha value is -21.8. The van der Waals surface area contributed by atoms with E-state index in [0.717, 1.165) is 274 Å². The van der Waals surface area contributed by atoms with Gasteiger partial charge < -0.3 is 53.9 Å². The van der Waals surface area contributed by atoms with Crippen LogP contribution in [0.25, 0.3) is 297 Å². The maximum Gasteiger partial charge on any atom is 0.136 e. The highest BCUT2D eigenvalue weighted by Crippen LogP contribution is 2.51. The summed E-state index contributed by atoms with van der Waals surface area (Å²) in [6.07, 6.45) is 0. The van der Waals surface area contributed by atoms with Crippen LogP contribution in [0.3, 0.4) is 0 Å². The summed E-state index contributed by atoms with van der Waals surface area (Å²) in [5.41, 5.74) is 27.4. The number of hydrogen-bond donors (Lipinski definition) is 0. The second kappa shape index (κ2) is 31.3. The molecule has 12 heterocycles. The molecule has 0 saturated carbocycles. The van der Waals surface area contributed by atoms with Crippen LogP contribution in [0.4, 0.5) is 0 Å². The molecule has 18 nitrogen and oxygen atoms in total. The topological polar surface area (TPSA) is 251 Å². The van der Waals surface area contributed by atoms with Crippen molar-refractivity contribution in [2.24, 2.45) is 0 Å². The summed E-state index contributed by atoms with van der Waals surface area (Å²) >= 11 is 0. The van der Waals surface area contributed by atoms with Crippen molar-refractivity contribution in [3.05, 3.63) is 434 Å². The molecule has 0 radical (unpaired) electrons. The van der Waals surface area contributed by atoms with E-state index in [1.165, 1.54) is 0 Å². The number of benzene rings is 21. The van der Waals surface area contributed by atoms with E-state index in [0.29, 0.717) is 56.1 Å². The molecule has 0 unspecified atom stereocenters. The Balaban J connectivity index is 0.000000101. The Labute approximate surface area is 846 Å². The Morgan fingerprint density at radius 3 is 0.680 bits per heavy atom. The number of para-hydroxylation sites is 12. The number of aromatic nitrogens is 6. The highest BCUT2D eigenvalue weighted by atomic mass is 16.3. The molecule has 21 aromatic carbocycles. The molecule has 0 aliphatic carbocycles.